The molecular formula is C20H19BrN2O5. The maximum absolute atomic E-state index is 13.1. The zero-order chi connectivity index (χ0) is 19.7. The largest absolute Gasteiger partial charge is 0.454 e. The van der Waals surface area contributed by atoms with E-state index in [2.05, 4.69) is 21.2 Å². The summed E-state index contributed by atoms with van der Waals surface area (Å²) in [4.78, 5) is 26.8. The van der Waals surface area contributed by atoms with E-state index in [1.165, 1.54) is 12.0 Å². The Morgan fingerprint density at radius 1 is 1.21 bits per heavy atom. The highest BCUT2D eigenvalue weighted by Crippen LogP contribution is 2.34. The maximum atomic E-state index is 13.1. The van der Waals surface area contributed by atoms with Crippen molar-refractivity contribution in [3.63, 3.8) is 0 Å². The number of carbonyl (C=O) groups is 2. The Hall–Kier alpha value is -2.74. The molecule has 146 valence electrons. The molecule has 0 aliphatic carbocycles. The first-order valence-corrected chi connectivity index (χ1v) is 9.65. The van der Waals surface area contributed by atoms with Crippen LogP contribution in [0, 0.1) is 0 Å². The second-order valence-electron chi connectivity index (χ2n) is 6.56. The lowest BCUT2D eigenvalue weighted by atomic mass is 9.92. The topological polar surface area (TPSA) is 77.1 Å². The lowest BCUT2D eigenvalue weighted by molar-refractivity contribution is -0.126. The summed E-state index contributed by atoms with van der Waals surface area (Å²) < 4.78 is 16.4. The molecule has 2 aromatic rings. The smallest absolute Gasteiger partial charge is 0.410 e. The summed E-state index contributed by atoms with van der Waals surface area (Å²) in [5.74, 6) is 1.09. The third-order valence-corrected chi connectivity index (χ3v) is 5.39. The van der Waals surface area contributed by atoms with Gasteiger partial charge in [-0.15, -0.1) is 0 Å². The quantitative estimate of drug-likeness (QED) is 0.783. The third-order valence-electron chi connectivity index (χ3n) is 4.90. The molecule has 4 rings (SSSR count). The molecule has 0 unspecified atom stereocenters. The van der Waals surface area contributed by atoms with Gasteiger partial charge in [0.05, 0.1) is 7.11 Å². The molecule has 28 heavy (non-hydrogen) atoms. The number of nitrogens with one attached hydrogen (secondary N) is 1. The Kier molecular flexibility index (Phi) is 5.13. The first-order valence-electron chi connectivity index (χ1n) is 8.86. The van der Waals surface area contributed by atoms with E-state index < -0.39 is 12.1 Å². The van der Waals surface area contributed by atoms with E-state index in [0.29, 0.717) is 31.0 Å². The van der Waals surface area contributed by atoms with Crippen LogP contribution >= 0.6 is 15.9 Å². The number of rotatable bonds is 3. The van der Waals surface area contributed by atoms with Gasteiger partial charge in [-0.25, -0.2) is 4.79 Å². The number of nitrogens with zero attached hydrogens (tertiary/aromatic N) is 1. The van der Waals surface area contributed by atoms with Gasteiger partial charge in [0.15, 0.2) is 11.5 Å². The molecule has 0 radical (unpaired) electrons. The molecule has 0 spiro atoms. The van der Waals surface area contributed by atoms with Crippen LogP contribution in [0.15, 0.2) is 40.9 Å². The molecule has 2 heterocycles. The van der Waals surface area contributed by atoms with Crippen LogP contribution in [0.2, 0.25) is 0 Å². The second kappa shape index (κ2) is 7.71. The monoisotopic (exact) mass is 446 g/mol. The van der Waals surface area contributed by atoms with Gasteiger partial charge >= 0.3 is 6.09 Å². The maximum Gasteiger partial charge on any atom is 0.410 e. The van der Waals surface area contributed by atoms with E-state index in [1.807, 2.05) is 36.4 Å². The molecule has 2 aliphatic rings. The van der Waals surface area contributed by atoms with Crippen molar-refractivity contribution < 1.29 is 23.8 Å². The van der Waals surface area contributed by atoms with Gasteiger partial charge in [-0.2, -0.15) is 0 Å². The van der Waals surface area contributed by atoms with Gasteiger partial charge in [0.1, 0.15) is 6.04 Å². The molecule has 8 heteroatoms. The second-order valence-corrected chi connectivity index (χ2v) is 7.48. The van der Waals surface area contributed by atoms with Gasteiger partial charge in [-0.1, -0.05) is 28.1 Å². The number of hydrogen-bond acceptors (Lipinski definition) is 5. The minimum Gasteiger partial charge on any atom is -0.454 e. The lowest BCUT2D eigenvalue weighted by Crippen LogP contribution is -2.47. The molecule has 1 atom stereocenters. The Morgan fingerprint density at radius 2 is 2.04 bits per heavy atom. The Bertz CT molecular complexity index is 933. The molecular weight excluding hydrogens is 428 g/mol. The molecule has 1 N–H and O–H groups in total. The van der Waals surface area contributed by atoms with E-state index in [9.17, 15) is 9.59 Å². The zero-order valence-corrected chi connectivity index (χ0v) is 16.8. The van der Waals surface area contributed by atoms with Crippen LogP contribution in [0.5, 0.6) is 11.5 Å². The van der Waals surface area contributed by atoms with E-state index in [-0.39, 0.29) is 12.7 Å². The normalized spacial score (nSPS) is 17.1. The van der Waals surface area contributed by atoms with Crippen molar-refractivity contribution in [2.75, 3.05) is 20.4 Å². The molecule has 0 fully saturated rings. The van der Waals surface area contributed by atoms with Crippen molar-refractivity contribution in [2.45, 2.75) is 19.0 Å². The molecule has 0 aromatic heterocycles. The zero-order valence-electron chi connectivity index (χ0n) is 15.2. The predicted molar refractivity (Wildman–Crippen MR) is 104 cm³/mol. The summed E-state index contributed by atoms with van der Waals surface area (Å²) in [5, 5.41) is 2.93. The first kappa shape index (κ1) is 18.6. The number of benzene rings is 2. The third kappa shape index (κ3) is 3.52. The Morgan fingerprint density at radius 3 is 2.86 bits per heavy atom. The minimum absolute atomic E-state index is 0.201. The summed E-state index contributed by atoms with van der Waals surface area (Å²) >= 11 is 3.45. The van der Waals surface area contributed by atoms with Gasteiger partial charge < -0.3 is 19.5 Å². The number of ether oxygens (including phenoxy) is 3. The number of amides is 2. The predicted octanol–water partition coefficient (Wildman–Crippen LogP) is 3.16. The minimum atomic E-state index is -0.747. The van der Waals surface area contributed by atoms with Crippen molar-refractivity contribution in [1.82, 2.24) is 10.2 Å². The van der Waals surface area contributed by atoms with Crippen molar-refractivity contribution >= 4 is 27.9 Å². The first-order chi connectivity index (χ1) is 13.6. The SMILES string of the molecule is COC(=O)N1CCc2ccc(Br)cc2[C@H]1C(=O)NCc1ccc2c(c1)OCO2. The van der Waals surface area contributed by atoms with Gasteiger partial charge in [-0.05, 0) is 47.4 Å². The highest BCUT2D eigenvalue weighted by Gasteiger charge is 2.36. The Balaban J connectivity index is 1.56. The number of carbonyl (C=O) groups excluding carboxylic acids is 2. The number of methoxy groups -OCH3 is 1. The molecule has 2 aromatic carbocycles. The number of hydrogen-bond donors (Lipinski definition) is 1. The molecule has 0 bridgehead atoms. The van der Waals surface area contributed by atoms with Crippen LogP contribution in [0.25, 0.3) is 0 Å². The fourth-order valence-corrected chi connectivity index (χ4v) is 3.90. The average molecular weight is 447 g/mol. The fraction of sp³-hybridized carbons (Fsp3) is 0.300. The van der Waals surface area contributed by atoms with E-state index in [0.717, 1.165) is 21.2 Å². The molecule has 2 amide bonds. The van der Waals surface area contributed by atoms with Crippen LogP contribution in [0.4, 0.5) is 4.79 Å². The van der Waals surface area contributed by atoms with Crippen molar-refractivity contribution in [1.29, 1.82) is 0 Å². The van der Waals surface area contributed by atoms with E-state index in [4.69, 9.17) is 14.2 Å². The van der Waals surface area contributed by atoms with Gasteiger partial charge in [0.2, 0.25) is 12.7 Å². The van der Waals surface area contributed by atoms with E-state index >= 15 is 0 Å². The van der Waals surface area contributed by atoms with Crippen molar-refractivity contribution in [3.8, 4) is 11.5 Å². The summed E-state index contributed by atoms with van der Waals surface area (Å²) in [6.07, 6.45) is 0.151. The standard InChI is InChI=1S/C20H19BrN2O5/c1-26-20(25)23-7-6-13-3-4-14(21)9-15(13)18(23)19(24)22-10-12-2-5-16-17(8-12)28-11-27-16/h2-5,8-9,18H,6-7,10-11H2,1H3,(H,22,24)/t18-/m0/s1. The van der Waals surface area contributed by atoms with Crippen molar-refractivity contribution in [2.24, 2.45) is 0 Å². The van der Waals surface area contributed by atoms with Crippen molar-refractivity contribution in [3.05, 3.63) is 57.6 Å². The van der Waals surface area contributed by atoms with Gasteiger partial charge in [0, 0.05) is 17.6 Å². The van der Waals surface area contributed by atoms with E-state index in [1.54, 1.807) is 0 Å². The number of fused-ring (bicyclic) bond motifs is 2. The lowest BCUT2D eigenvalue weighted by Gasteiger charge is -2.35. The van der Waals surface area contributed by atoms with Gasteiger partial charge in [-0.3, -0.25) is 9.69 Å². The highest BCUT2D eigenvalue weighted by atomic mass is 79.9. The fourth-order valence-electron chi connectivity index (χ4n) is 3.52. The summed E-state index contributed by atoms with van der Waals surface area (Å²) in [5.41, 5.74) is 2.73. The molecule has 2 aliphatic heterocycles. The van der Waals surface area contributed by atoms with Crippen LogP contribution in [0.1, 0.15) is 22.7 Å². The molecule has 7 nitrogen and oxygen atoms in total. The summed E-state index contributed by atoms with van der Waals surface area (Å²) in [6.45, 7) is 0.931. The average Bonchev–Trinajstić information content (AvgIpc) is 3.18. The summed E-state index contributed by atoms with van der Waals surface area (Å²) in [6, 6.07) is 10.6. The highest BCUT2D eigenvalue weighted by molar-refractivity contribution is 9.10. The van der Waals surface area contributed by atoms with Gasteiger partial charge in [0.25, 0.3) is 0 Å². The molecule has 0 saturated heterocycles. The van der Waals surface area contributed by atoms with Crippen LogP contribution in [-0.2, 0) is 22.5 Å². The van der Waals surface area contributed by atoms with Crippen LogP contribution in [0.3, 0.4) is 0 Å². The molecule has 0 saturated carbocycles. The number of halogens is 1. The van der Waals surface area contributed by atoms with Crippen LogP contribution in [-0.4, -0.2) is 37.3 Å². The Labute approximate surface area is 170 Å². The summed E-state index contributed by atoms with van der Waals surface area (Å²) in [7, 11) is 1.32. The van der Waals surface area contributed by atoms with Crippen LogP contribution < -0.4 is 14.8 Å².